The highest BCUT2D eigenvalue weighted by Gasteiger charge is 2.48. The summed E-state index contributed by atoms with van der Waals surface area (Å²) in [6.07, 6.45) is 9.03. The largest absolute Gasteiger partial charge is 0.481 e. The van der Waals surface area contributed by atoms with Crippen LogP contribution >= 0.6 is 0 Å². The van der Waals surface area contributed by atoms with Crippen molar-refractivity contribution in [1.82, 2.24) is 15.2 Å². The van der Waals surface area contributed by atoms with Crippen LogP contribution in [0.4, 0.5) is 0 Å². The summed E-state index contributed by atoms with van der Waals surface area (Å²) in [6.45, 7) is 13.3. The number of aromatic nitrogens is 1. The van der Waals surface area contributed by atoms with Crippen LogP contribution in [0.5, 0.6) is 5.88 Å². The monoisotopic (exact) mass is 590 g/mol. The van der Waals surface area contributed by atoms with E-state index >= 15 is 0 Å². The van der Waals surface area contributed by atoms with E-state index in [1.54, 1.807) is 25.4 Å². The number of amidine groups is 1. The Morgan fingerprint density at radius 1 is 1.19 bits per heavy atom. The van der Waals surface area contributed by atoms with Crippen molar-refractivity contribution in [3.8, 4) is 5.88 Å². The standard InChI is InChI=1S/C27H41N5O2.C7H9NO/c1-18(2)19-10-14-27(15-11-19)31-17-24(33)32(27)22(12-13-26(3,4)5)20-6-8-21(9-7-20)25(34)30-16-23(28)29;1-6-3-4-8-7(5-6)9-2/h6-9,17-19,22H,10-16H2,1-5H3,(H3,28,29)(H,30,34);3-5H,1-2H3. The molecule has 2 aliphatic rings. The second kappa shape index (κ2) is 14.6. The fourth-order valence-electron chi connectivity index (χ4n) is 5.86. The lowest BCUT2D eigenvalue weighted by molar-refractivity contribution is -0.133. The van der Waals surface area contributed by atoms with E-state index in [2.05, 4.69) is 44.9 Å². The summed E-state index contributed by atoms with van der Waals surface area (Å²) in [6, 6.07) is 11.2. The molecule has 9 nitrogen and oxygen atoms in total. The molecule has 4 rings (SSSR count). The van der Waals surface area contributed by atoms with Crippen LogP contribution in [0, 0.1) is 29.6 Å². The molecular weight excluding hydrogens is 540 g/mol. The van der Waals surface area contributed by atoms with E-state index in [4.69, 9.17) is 20.9 Å². The van der Waals surface area contributed by atoms with E-state index in [9.17, 15) is 9.59 Å². The number of hydrogen-bond donors (Lipinski definition) is 3. The normalized spacial score (nSPS) is 20.5. The number of nitrogens with two attached hydrogens (primary N) is 1. The average molecular weight is 591 g/mol. The predicted molar refractivity (Wildman–Crippen MR) is 173 cm³/mol. The SMILES string of the molecule is CC(C)C1CCC2(CC1)N=CC(=O)N2C(CCC(C)(C)C)c1ccc(C(=O)NCC(=N)N)cc1.COc1cc(C)ccn1. The molecule has 1 aliphatic heterocycles. The Balaban J connectivity index is 0.000000480. The van der Waals surface area contributed by atoms with Crippen molar-refractivity contribution in [2.75, 3.05) is 13.7 Å². The van der Waals surface area contributed by atoms with Crippen molar-refractivity contribution in [1.29, 1.82) is 5.41 Å². The Bertz CT molecular complexity index is 1270. The van der Waals surface area contributed by atoms with Gasteiger partial charge >= 0.3 is 0 Å². The van der Waals surface area contributed by atoms with E-state index in [0.717, 1.165) is 44.1 Å². The molecule has 43 heavy (non-hydrogen) atoms. The lowest BCUT2D eigenvalue weighted by Crippen LogP contribution is -2.50. The van der Waals surface area contributed by atoms with Crippen LogP contribution < -0.4 is 15.8 Å². The minimum Gasteiger partial charge on any atom is -0.481 e. The number of nitrogens with one attached hydrogen (secondary N) is 2. The van der Waals surface area contributed by atoms with Crippen molar-refractivity contribution in [2.24, 2.45) is 28.0 Å². The molecule has 1 aromatic heterocycles. The van der Waals surface area contributed by atoms with Crippen LogP contribution in [0.15, 0.2) is 47.6 Å². The van der Waals surface area contributed by atoms with Crippen molar-refractivity contribution in [2.45, 2.75) is 91.8 Å². The molecule has 2 amide bonds. The fourth-order valence-corrected chi connectivity index (χ4v) is 5.86. The molecule has 0 saturated heterocycles. The topological polar surface area (TPSA) is 134 Å². The molecule has 1 unspecified atom stereocenters. The van der Waals surface area contributed by atoms with Gasteiger partial charge in [0.05, 0.1) is 25.9 Å². The van der Waals surface area contributed by atoms with E-state index in [1.807, 2.05) is 36.1 Å². The van der Waals surface area contributed by atoms with Crippen LogP contribution in [-0.2, 0) is 4.79 Å². The molecule has 1 aromatic carbocycles. The second-order valence-corrected chi connectivity index (χ2v) is 13.4. The number of carbonyl (C=O) groups excluding carboxylic acids is 2. The molecule has 4 N–H and O–H groups in total. The summed E-state index contributed by atoms with van der Waals surface area (Å²) in [4.78, 5) is 36.4. The quantitative estimate of drug-likeness (QED) is 0.241. The lowest BCUT2D eigenvalue weighted by Gasteiger charge is -2.46. The predicted octanol–water partition coefficient (Wildman–Crippen LogP) is 6.07. The van der Waals surface area contributed by atoms with Gasteiger partial charge in [0, 0.05) is 17.8 Å². The van der Waals surface area contributed by atoms with Crippen molar-refractivity contribution < 1.29 is 14.3 Å². The highest BCUT2D eigenvalue weighted by Crippen LogP contribution is 2.47. The van der Waals surface area contributed by atoms with Gasteiger partial charge in [-0.2, -0.15) is 0 Å². The first-order chi connectivity index (χ1) is 20.2. The van der Waals surface area contributed by atoms with Crippen LogP contribution in [-0.4, -0.2) is 53.1 Å². The summed E-state index contributed by atoms with van der Waals surface area (Å²) in [5.41, 5.74) is 7.73. The molecule has 1 saturated carbocycles. The highest BCUT2D eigenvalue weighted by atomic mass is 16.5. The summed E-state index contributed by atoms with van der Waals surface area (Å²) in [5, 5.41) is 9.94. The number of nitrogens with zero attached hydrogens (tertiary/aromatic N) is 3. The van der Waals surface area contributed by atoms with Gasteiger partial charge in [-0.25, -0.2) is 4.98 Å². The van der Waals surface area contributed by atoms with Crippen LogP contribution in [0.25, 0.3) is 0 Å². The van der Waals surface area contributed by atoms with Crippen molar-refractivity contribution >= 4 is 23.9 Å². The summed E-state index contributed by atoms with van der Waals surface area (Å²) in [7, 11) is 1.61. The van der Waals surface area contributed by atoms with Crippen molar-refractivity contribution in [3.05, 3.63) is 59.3 Å². The molecule has 1 aliphatic carbocycles. The lowest BCUT2D eigenvalue weighted by atomic mass is 9.75. The van der Waals surface area contributed by atoms with Gasteiger partial charge < -0.3 is 20.7 Å². The molecule has 1 spiro atoms. The Morgan fingerprint density at radius 2 is 1.84 bits per heavy atom. The number of rotatable bonds is 9. The minimum absolute atomic E-state index is 0.00909. The number of benzene rings is 1. The first-order valence-electron chi connectivity index (χ1n) is 15.3. The first kappa shape index (κ1) is 33.7. The van der Waals surface area contributed by atoms with Gasteiger partial charge in [-0.3, -0.25) is 20.0 Å². The number of carbonyl (C=O) groups is 2. The maximum absolute atomic E-state index is 13.2. The number of aliphatic imine (C=N–C) groups is 1. The smallest absolute Gasteiger partial charge is 0.267 e. The number of pyridine rings is 1. The number of aryl methyl sites for hydroxylation is 1. The average Bonchev–Trinajstić information content (AvgIpc) is 3.27. The van der Waals surface area contributed by atoms with Crippen molar-refractivity contribution in [3.63, 3.8) is 0 Å². The number of methoxy groups -OCH3 is 1. The van der Waals surface area contributed by atoms with Gasteiger partial charge in [-0.05, 0) is 92.0 Å². The van der Waals surface area contributed by atoms with Gasteiger partial charge in [-0.1, -0.05) is 46.8 Å². The molecule has 0 bridgehead atoms. The maximum Gasteiger partial charge on any atom is 0.267 e. The van der Waals surface area contributed by atoms with Gasteiger partial charge in [0.2, 0.25) is 5.88 Å². The van der Waals surface area contributed by atoms with Crippen LogP contribution in [0.3, 0.4) is 0 Å². The van der Waals surface area contributed by atoms with Gasteiger partial charge in [0.15, 0.2) is 0 Å². The zero-order valence-electron chi connectivity index (χ0n) is 26.9. The fraction of sp³-hybridized carbons (Fsp3) is 0.559. The molecule has 2 heterocycles. The highest BCUT2D eigenvalue weighted by molar-refractivity contribution is 6.28. The zero-order valence-corrected chi connectivity index (χ0v) is 26.9. The molecule has 1 atom stereocenters. The Hall–Kier alpha value is -3.75. The van der Waals surface area contributed by atoms with Gasteiger partial charge in [0.25, 0.3) is 11.8 Å². The number of amides is 2. The van der Waals surface area contributed by atoms with Gasteiger partial charge in [-0.15, -0.1) is 0 Å². The minimum atomic E-state index is -0.456. The summed E-state index contributed by atoms with van der Waals surface area (Å²) in [5.74, 6) is 1.64. The Labute approximate surface area is 257 Å². The zero-order chi connectivity index (χ0) is 31.8. The van der Waals surface area contributed by atoms with Crippen LogP contribution in [0.1, 0.15) is 101 Å². The second-order valence-electron chi connectivity index (χ2n) is 13.4. The molecule has 234 valence electrons. The molecular formula is C34H50N6O3. The third-order valence-electron chi connectivity index (χ3n) is 8.45. The Kier molecular flexibility index (Phi) is 11.5. The first-order valence-corrected chi connectivity index (χ1v) is 15.3. The van der Waals surface area contributed by atoms with E-state index in [0.29, 0.717) is 23.3 Å². The number of hydrogen-bond acceptors (Lipinski definition) is 6. The molecule has 1 fully saturated rings. The van der Waals surface area contributed by atoms with E-state index in [1.165, 1.54) is 11.8 Å². The van der Waals surface area contributed by atoms with E-state index < -0.39 is 5.66 Å². The van der Waals surface area contributed by atoms with Gasteiger partial charge in [0.1, 0.15) is 11.5 Å². The maximum atomic E-state index is 13.2. The third kappa shape index (κ3) is 9.37. The number of ether oxygens (including phenoxy) is 1. The third-order valence-corrected chi connectivity index (χ3v) is 8.45. The van der Waals surface area contributed by atoms with Crippen LogP contribution in [0.2, 0.25) is 0 Å². The molecule has 2 aromatic rings. The summed E-state index contributed by atoms with van der Waals surface area (Å²) >= 11 is 0. The molecule has 0 radical (unpaired) electrons. The Morgan fingerprint density at radius 3 is 2.35 bits per heavy atom. The summed E-state index contributed by atoms with van der Waals surface area (Å²) < 4.78 is 4.88. The van der Waals surface area contributed by atoms with E-state index in [-0.39, 0.29) is 35.7 Å². The molecule has 9 heteroatoms.